The Morgan fingerprint density at radius 1 is 1.37 bits per heavy atom. The van der Waals surface area contributed by atoms with Gasteiger partial charge in [0.1, 0.15) is 11.6 Å². The van der Waals surface area contributed by atoms with Crippen LogP contribution in [0.5, 0.6) is 0 Å². The van der Waals surface area contributed by atoms with E-state index in [0.29, 0.717) is 0 Å². The highest BCUT2D eigenvalue weighted by atomic mass is 32.1. The van der Waals surface area contributed by atoms with Crippen molar-refractivity contribution in [1.82, 2.24) is 0 Å². The molecular weight excluding hydrogens is 256 g/mol. The van der Waals surface area contributed by atoms with Gasteiger partial charge < -0.3 is 5.32 Å². The predicted octanol–water partition coefficient (Wildman–Crippen LogP) is 3.60. The third-order valence-electron chi connectivity index (χ3n) is 2.61. The zero-order chi connectivity index (χ0) is 13.7. The van der Waals surface area contributed by atoms with Crippen molar-refractivity contribution in [1.29, 1.82) is 5.26 Å². The molecule has 0 aliphatic carbocycles. The minimum absolute atomic E-state index is 0.0988. The van der Waals surface area contributed by atoms with E-state index in [4.69, 9.17) is 5.26 Å². The second-order valence-electron chi connectivity index (χ2n) is 4.00. The Balaban J connectivity index is 2.19. The quantitative estimate of drug-likeness (QED) is 0.683. The number of nitrogens with one attached hydrogen (secondary N) is 1. The normalized spacial score (nSPS) is 10.8. The van der Waals surface area contributed by atoms with Crippen molar-refractivity contribution in [3.63, 3.8) is 0 Å². The Hall–Kier alpha value is -2.38. The van der Waals surface area contributed by atoms with E-state index < -0.39 is 0 Å². The van der Waals surface area contributed by atoms with Crippen LogP contribution < -0.4 is 5.32 Å². The molecular formula is C15H12N2OS. The summed E-state index contributed by atoms with van der Waals surface area (Å²) in [5.41, 5.74) is 2.64. The number of carbonyl (C=O) groups excluding carboxylic acids is 1. The van der Waals surface area contributed by atoms with Crippen LogP contribution in [0.1, 0.15) is 11.1 Å². The molecule has 0 aliphatic rings. The van der Waals surface area contributed by atoms with E-state index >= 15 is 0 Å². The molecule has 3 nitrogen and oxygen atoms in total. The first-order valence-electron chi connectivity index (χ1n) is 5.71. The average Bonchev–Trinajstić information content (AvgIpc) is 2.91. The number of thiophene rings is 1. The van der Waals surface area contributed by atoms with Crippen LogP contribution in [0.15, 0.2) is 46.7 Å². The molecule has 94 valence electrons. The molecule has 2 rings (SSSR count). The van der Waals surface area contributed by atoms with Gasteiger partial charge in [0, 0.05) is 5.69 Å². The molecule has 1 aromatic heterocycles. The number of aryl methyl sites for hydroxylation is 1. The van der Waals surface area contributed by atoms with Gasteiger partial charge in [-0.25, -0.2) is 0 Å². The van der Waals surface area contributed by atoms with Crippen LogP contribution in [0.25, 0.3) is 6.08 Å². The summed E-state index contributed by atoms with van der Waals surface area (Å²) in [4.78, 5) is 12.0. The van der Waals surface area contributed by atoms with Crippen LogP contribution in [-0.2, 0) is 4.79 Å². The van der Waals surface area contributed by atoms with Crippen molar-refractivity contribution < 1.29 is 4.79 Å². The van der Waals surface area contributed by atoms with E-state index in [1.54, 1.807) is 6.08 Å². The maximum atomic E-state index is 12.0. The van der Waals surface area contributed by atoms with Crippen LogP contribution >= 0.6 is 11.3 Å². The fraction of sp³-hybridized carbons (Fsp3) is 0.0667. The Morgan fingerprint density at radius 3 is 2.79 bits per heavy atom. The smallest absolute Gasteiger partial charge is 0.266 e. The zero-order valence-electron chi connectivity index (χ0n) is 10.4. The lowest BCUT2D eigenvalue weighted by Gasteiger charge is -2.06. The first-order valence-corrected chi connectivity index (χ1v) is 6.66. The number of anilines is 1. The maximum Gasteiger partial charge on any atom is 0.266 e. The molecule has 0 spiro atoms. The second-order valence-corrected chi connectivity index (χ2v) is 4.78. The summed E-state index contributed by atoms with van der Waals surface area (Å²) >= 11 is 1.52. The van der Waals surface area contributed by atoms with Crippen molar-refractivity contribution in [2.24, 2.45) is 0 Å². The van der Waals surface area contributed by atoms with E-state index in [1.165, 1.54) is 11.3 Å². The van der Waals surface area contributed by atoms with Gasteiger partial charge in [0.15, 0.2) is 0 Å². The minimum Gasteiger partial charge on any atom is -0.321 e. The summed E-state index contributed by atoms with van der Waals surface area (Å²) in [5, 5.41) is 15.6. The minimum atomic E-state index is -0.386. The lowest BCUT2D eigenvalue weighted by atomic mass is 10.1. The number of nitrogens with zero attached hydrogens (tertiary/aromatic N) is 1. The third-order valence-corrected chi connectivity index (χ3v) is 3.31. The van der Waals surface area contributed by atoms with Gasteiger partial charge >= 0.3 is 0 Å². The number of para-hydroxylation sites is 1. The molecule has 0 atom stereocenters. The summed E-state index contributed by atoms with van der Waals surface area (Å²) in [7, 11) is 0. The molecule has 1 aromatic carbocycles. The number of hydrogen-bond acceptors (Lipinski definition) is 3. The molecule has 1 heterocycles. The molecule has 0 aliphatic heterocycles. The van der Waals surface area contributed by atoms with Crippen LogP contribution in [0.4, 0.5) is 5.69 Å². The summed E-state index contributed by atoms with van der Waals surface area (Å²) in [6.07, 6.45) is 1.59. The van der Waals surface area contributed by atoms with Crippen molar-refractivity contribution in [2.75, 3.05) is 5.32 Å². The van der Waals surface area contributed by atoms with Gasteiger partial charge in [-0.1, -0.05) is 18.2 Å². The van der Waals surface area contributed by atoms with Crippen LogP contribution in [0, 0.1) is 18.3 Å². The topological polar surface area (TPSA) is 52.9 Å². The molecule has 0 fully saturated rings. The Morgan fingerprint density at radius 2 is 2.16 bits per heavy atom. The fourth-order valence-electron chi connectivity index (χ4n) is 1.58. The number of nitriles is 1. The first-order chi connectivity index (χ1) is 9.20. The standard InChI is InChI=1S/C15H12N2OS/c1-11-4-2-3-5-14(11)17-15(18)13(9-16)8-12-6-7-19-10-12/h2-8,10H,1H3,(H,17,18). The number of hydrogen-bond donors (Lipinski definition) is 1. The highest BCUT2D eigenvalue weighted by molar-refractivity contribution is 7.08. The average molecular weight is 268 g/mol. The molecule has 1 N–H and O–H groups in total. The summed E-state index contributed by atoms with van der Waals surface area (Å²) in [6.45, 7) is 1.91. The molecule has 0 saturated heterocycles. The van der Waals surface area contributed by atoms with Gasteiger partial charge in [-0.3, -0.25) is 4.79 Å². The van der Waals surface area contributed by atoms with Crippen LogP contribution in [0.2, 0.25) is 0 Å². The van der Waals surface area contributed by atoms with Gasteiger partial charge in [-0.2, -0.15) is 16.6 Å². The summed E-state index contributed by atoms with van der Waals surface area (Å²) in [5.74, 6) is -0.386. The molecule has 1 amide bonds. The van der Waals surface area contributed by atoms with Crippen LogP contribution in [0.3, 0.4) is 0 Å². The Labute approximate surface area is 115 Å². The molecule has 4 heteroatoms. The molecule has 19 heavy (non-hydrogen) atoms. The predicted molar refractivity (Wildman–Crippen MR) is 77.7 cm³/mol. The Kier molecular flexibility index (Phi) is 4.11. The molecule has 0 bridgehead atoms. The maximum absolute atomic E-state index is 12.0. The largest absolute Gasteiger partial charge is 0.321 e. The summed E-state index contributed by atoms with van der Waals surface area (Å²) < 4.78 is 0. The number of rotatable bonds is 3. The highest BCUT2D eigenvalue weighted by Gasteiger charge is 2.10. The van der Waals surface area contributed by atoms with Gasteiger partial charge in [-0.05, 0) is 47.0 Å². The van der Waals surface area contributed by atoms with E-state index in [9.17, 15) is 4.79 Å². The van der Waals surface area contributed by atoms with Crippen molar-refractivity contribution in [2.45, 2.75) is 6.92 Å². The van der Waals surface area contributed by atoms with Crippen molar-refractivity contribution in [3.05, 3.63) is 57.8 Å². The van der Waals surface area contributed by atoms with E-state index in [1.807, 2.05) is 54.1 Å². The SMILES string of the molecule is Cc1ccccc1NC(=O)C(C#N)=Cc1ccsc1. The van der Waals surface area contributed by atoms with Crippen molar-refractivity contribution >= 4 is 29.0 Å². The van der Waals surface area contributed by atoms with Gasteiger partial charge in [0.25, 0.3) is 5.91 Å². The third kappa shape index (κ3) is 3.30. The molecule has 2 aromatic rings. The van der Waals surface area contributed by atoms with Crippen molar-refractivity contribution in [3.8, 4) is 6.07 Å². The Bertz CT molecular complexity index is 651. The lowest BCUT2D eigenvalue weighted by molar-refractivity contribution is -0.112. The molecule has 0 saturated carbocycles. The van der Waals surface area contributed by atoms with Gasteiger partial charge in [0.2, 0.25) is 0 Å². The second kappa shape index (κ2) is 5.98. The van der Waals surface area contributed by atoms with Gasteiger partial charge in [-0.15, -0.1) is 0 Å². The number of carbonyl (C=O) groups is 1. The number of benzene rings is 1. The fourth-order valence-corrected chi connectivity index (χ4v) is 2.19. The van der Waals surface area contributed by atoms with E-state index in [0.717, 1.165) is 16.8 Å². The first kappa shape index (κ1) is 13.1. The van der Waals surface area contributed by atoms with E-state index in [-0.39, 0.29) is 11.5 Å². The zero-order valence-corrected chi connectivity index (χ0v) is 11.2. The van der Waals surface area contributed by atoms with E-state index in [2.05, 4.69) is 5.32 Å². The number of amides is 1. The molecule has 0 radical (unpaired) electrons. The molecule has 0 unspecified atom stereocenters. The summed E-state index contributed by atoms with van der Waals surface area (Å²) in [6, 6.07) is 11.3. The van der Waals surface area contributed by atoms with Gasteiger partial charge in [0.05, 0.1) is 0 Å². The lowest BCUT2D eigenvalue weighted by Crippen LogP contribution is -2.14. The van der Waals surface area contributed by atoms with Crippen LogP contribution in [-0.4, -0.2) is 5.91 Å². The monoisotopic (exact) mass is 268 g/mol. The highest BCUT2D eigenvalue weighted by Crippen LogP contribution is 2.16.